The molecule has 0 aromatic carbocycles. The molecule has 5 nitrogen and oxygen atoms in total. The van der Waals surface area contributed by atoms with Gasteiger partial charge in [-0.3, -0.25) is 9.48 Å². The fourth-order valence-electron chi connectivity index (χ4n) is 2.33. The van der Waals surface area contributed by atoms with Gasteiger partial charge >= 0.3 is 0 Å². The van der Waals surface area contributed by atoms with Crippen LogP contribution in [0.4, 0.5) is 5.82 Å². The summed E-state index contributed by atoms with van der Waals surface area (Å²) in [6.07, 6.45) is 2.14. The van der Waals surface area contributed by atoms with Crippen LogP contribution in [0.25, 0.3) is 0 Å². The molecule has 0 bridgehead atoms. The number of carbonyl (C=O) groups excluding carboxylic acids is 1. The van der Waals surface area contributed by atoms with E-state index in [2.05, 4.69) is 16.9 Å². The first-order valence-corrected chi connectivity index (χ1v) is 6.02. The number of aryl methyl sites for hydroxylation is 2. The van der Waals surface area contributed by atoms with Crippen molar-refractivity contribution in [3.05, 3.63) is 11.3 Å². The average Bonchev–Trinajstić information content (AvgIpc) is 2.63. The van der Waals surface area contributed by atoms with E-state index in [1.54, 1.807) is 4.68 Å². The van der Waals surface area contributed by atoms with Gasteiger partial charge in [-0.25, -0.2) is 0 Å². The van der Waals surface area contributed by atoms with Gasteiger partial charge in [0.25, 0.3) is 0 Å². The first kappa shape index (κ1) is 12.1. The summed E-state index contributed by atoms with van der Waals surface area (Å²) in [5.41, 5.74) is 1.49. The Morgan fingerprint density at radius 1 is 1.59 bits per heavy atom. The molecule has 0 saturated carbocycles. The van der Waals surface area contributed by atoms with E-state index in [4.69, 9.17) is 4.74 Å². The second-order valence-electron chi connectivity index (χ2n) is 4.41. The number of ether oxygens (including phenoxy) is 1. The van der Waals surface area contributed by atoms with Gasteiger partial charge < -0.3 is 9.64 Å². The Balaban J connectivity index is 2.29. The summed E-state index contributed by atoms with van der Waals surface area (Å²) in [5.74, 6) is 0.916. The van der Waals surface area contributed by atoms with Crippen molar-refractivity contribution in [3.8, 4) is 0 Å². The van der Waals surface area contributed by atoms with Gasteiger partial charge in [-0.05, 0) is 13.3 Å². The highest BCUT2D eigenvalue weighted by atomic mass is 16.5. The summed E-state index contributed by atoms with van der Waals surface area (Å²) >= 11 is 0. The van der Waals surface area contributed by atoms with Crippen LogP contribution in [-0.2, 0) is 11.8 Å². The quantitative estimate of drug-likeness (QED) is 0.740. The Hall–Kier alpha value is -1.36. The number of rotatable bonds is 3. The Morgan fingerprint density at radius 2 is 2.35 bits per heavy atom. The minimum absolute atomic E-state index is 0.249. The third kappa shape index (κ3) is 2.20. The van der Waals surface area contributed by atoms with Gasteiger partial charge in [0.15, 0.2) is 6.29 Å². The summed E-state index contributed by atoms with van der Waals surface area (Å²) in [4.78, 5) is 13.3. The van der Waals surface area contributed by atoms with Gasteiger partial charge in [0.2, 0.25) is 0 Å². The molecule has 1 aliphatic rings. The zero-order valence-corrected chi connectivity index (χ0v) is 10.6. The molecule has 1 unspecified atom stereocenters. The number of carbonyl (C=O) groups is 1. The van der Waals surface area contributed by atoms with Crippen molar-refractivity contribution in [1.82, 2.24) is 9.78 Å². The van der Waals surface area contributed by atoms with Crippen LogP contribution in [0, 0.1) is 6.92 Å². The third-order valence-corrected chi connectivity index (χ3v) is 3.25. The topological polar surface area (TPSA) is 47.4 Å². The summed E-state index contributed by atoms with van der Waals surface area (Å²) < 4.78 is 7.43. The Morgan fingerprint density at radius 3 is 3.00 bits per heavy atom. The highest BCUT2D eigenvalue weighted by molar-refractivity contribution is 5.84. The molecule has 0 N–H and O–H groups in total. The molecule has 5 heteroatoms. The van der Waals surface area contributed by atoms with Gasteiger partial charge in [0.05, 0.1) is 24.0 Å². The van der Waals surface area contributed by atoms with E-state index in [0.29, 0.717) is 12.2 Å². The summed E-state index contributed by atoms with van der Waals surface area (Å²) in [5, 5.41) is 4.31. The van der Waals surface area contributed by atoms with Crippen LogP contribution < -0.4 is 4.90 Å². The monoisotopic (exact) mass is 237 g/mol. The Bertz CT molecular complexity index is 414. The number of aldehydes is 1. The molecule has 0 amide bonds. The van der Waals surface area contributed by atoms with Crippen LogP contribution >= 0.6 is 0 Å². The lowest BCUT2D eigenvalue weighted by atomic mass is 10.2. The molecule has 1 atom stereocenters. The number of hydrogen-bond acceptors (Lipinski definition) is 4. The van der Waals surface area contributed by atoms with E-state index in [9.17, 15) is 4.79 Å². The van der Waals surface area contributed by atoms with E-state index in [-0.39, 0.29) is 6.10 Å². The lowest BCUT2D eigenvalue weighted by molar-refractivity contribution is 0.0379. The fraction of sp³-hybridized carbons (Fsp3) is 0.667. The standard InChI is InChI=1S/C12H19N3O2/c1-4-10-7-15(5-6-17-10)12-11(8-16)9(2)13-14(12)3/h8,10H,4-7H2,1-3H3. The van der Waals surface area contributed by atoms with Gasteiger partial charge in [-0.1, -0.05) is 6.92 Å². The van der Waals surface area contributed by atoms with Crippen molar-refractivity contribution >= 4 is 12.1 Å². The predicted molar refractivity (Wildman–Crippen MR) is 65.6 cm³/mol. The van der Waals surface area contributed by atoms with Crippen LogP contribution in [0.1, 0.15) is 29.4 Å². The number of morpholine rings is 1. The van der Waals surface area contributed by atoms with Gasteiger partial charge in [0, 0.05) is 20.1 Å². The maximum Gasteiger partial charge on any atom is 0.155 e. The molecule has 0 spiro atoms. The largest absolute Gasteiger partial charge is 0.375 e. The molecule has 1 aliphatic heterocycles. The average molecular weight is 237 g/mol. The molecule has 1 saturated heterocycles. The lowest BCUT2D eigenvalue weighted by Crippen LogP contribution is -2.43. The van der Waals surface area contributed by atoms with E-state index in [1.165, 1.54) is 0 Å². The van der Waals surface area contributed by atoms with E-state index >= 15 is 0 Å². The van der Waals surface area contributed by atoms with Crippen LogP contribution in [0.3, 0.4) is 0 Å². The highest BCUT2D eigenvalue weighted by Gasteiger charge is 2.24. The molecular weight excluding hydrogens is 218 g/mol. The minimum Gasteiger partial charge on any atom is -0.375 e. The van der Waals surface area contributed by atoms with Crippen LogP contribution in [0.5, 0.6) is 0 Å². The van der Waals surface area contributed by atoms with Crippen molar-refractivity contribution in [2.24, 2.45) is 7.05 Å². The first-order valence-electron chi connectivity index (χ1n) is 6.02. The summed E-state index contributed by atoms with van der Waals surface area (Å²) in [6.45, 7) is 6.34. The van der Waals surface area contributed by atoms with Crippen molar-refractivity contribution < 1.29 is 9.53 Å². The molecule has 17 heavy (non-hydrogen) atoms. The number of aromatic nitrogens is 2. The molecular formula is C12H19N3O2. The van der Waals surface area contributed by atoms with Gasteiger partial charge in [-0.2, -0.15) is 5.10 Å². The van der Waals surface area contributed by atoms with Gasteiger partial charge in [-0.15, -0.1) is 0 Å². The second kappa shape index (κ2) is 4.87. The molecule has 2 rings (SSSR count). The molecule has 1 aromatic rings. The second-order valence-corrected chi connectivity index (χ2v) is 4.41. The van der Waals surface area contributed by atoms with E-state index < -0.39 is 0 Å². The maximum absolute atomic E-state index is 11.1. The normalized spacial score (nSPS) is 20.6. The highest BCUT2D eigenvalue weighted by Crippen LogP contribution is 2.24. The fourth-order valence-corrected chi connectivity index (χ4v) is 2.33. The van der Waals surface area contributed by atoms with Crippen LogP contribution in [0.15, 0.2) is 0 Å². The van der Waals surface area contributed by atoms with Crippen LogP contribution in [0.2, 0.25) is 0 Å². The maximum atomic E-state index is 11.1. The minimum atomic E-state index is 0.249. The lowest BCUT2D eigenvalue weighted by Gasteiger charge is -2.34. The Kier molecular flexibility index (Phi) is 3.47. The molecule has 1 aromatic heterocycles. The van der Waals surface area contributed by atoms with Crippen LogP contribution in [-0.4, -0.2) is 41.9 Å². The van der Waals surface area contributed by atoms with E-state index in [1.807, 2.05) is 14.0 Å². The number of anilines is 1. The van der Waals surface area contributed by atoms with Crippen molar-refractivity contribution in [1.29, 1.82) is 0 Å². The molecule has 2 heterocycles. The predicted octanol–water partition coefficient (Wildman–Crippen LogP) is 1.16. The zero-order valence-electron chi connectivity index (χ0n) is 10.6. The molecule has 0 radical (unpaired) electrons. The van der Waals surface area contributed by atoms with Gasteiger partial charge in [0.1, 0.15) is 5.82 Å². The molecule has 1 fully saturated rings. The van der Waals surface area contributed by atoms with E-state index in [0.717, 1.165) is 37.3 Å². The van der Waals surface area contributed by atoms with Crippen molar-refractivity contribution in [2.45, 2.75) is 26.4 Å². The summed E-state index contributed by atoms with van der Waals surface area (Å²) in [7, 11) is 1.88. The Labute approximate surface area is 101 Å². The summed E-state index contributed by atoms with van der Waals surface area (Å²) in [6, 6.07) is 0. The smallest absolute Gasteiger partial charge is 0.155 e. The zero-order chi connectivity index (χ0) is 12.4. The molecule has 94 valence electrons. The van der Waals surface area contributed by atoms with Crippen molar-refractivity contribution in [3.63, 3.8) is 0 Å². The number of nitrogens with zero attached hydrogens (tertiary/aromatic N) is 3. The molecule has 0 aliphatic carbocycles. The first-order chi connectivity index (χ1) is 8.17. The third-order valence-electron chi connectivity index (χ3n) is 3.25. The van der Waals surface area contributed by atoms with Crippen molar-refractivity contribution in [2.75, 3.05) is 24.6 Å². The number of hydrogen-bond donors (Lipinski definition) is 0. The SMILES string of the molecule is CCC1CN(c2c(C=O)c(C)nn2C)CCO1.